The molecule has 0 bridgehead atoms. The summed E-state index contributed by atoms with van der Waals surface area (Å²) in [4.78, 5) is 0. The van der Waals surface area contributed by atoms with E-state index in [1.54, 1.807) is 0 Å². The Kier molecular flexibility index (Phi) is 8.37. The van der Waals surface area contributed by atoms with Crippen molar-refractivity contribution in [3.8, 4) is 44.5 Å². The maximum atomic E-state index is 2.54. The van der Waals surface area contributed by atoms with E-state index in [9.17, 15) is 0 Å². The molecule has 1 unspecified atom stereocenters. The highest BCUT2D eigenvalue weighted by molar-refractivity contribution is 6.28. The fourth-order valence-electron chi connectivity index (χ4n) is 11.0. The highest BCUT2D eigenvalue weighted by Gasteiger charge is 2.38. The van der Waals surface area contributed by atoms with Gasteiger partial charge in [-0.3, -0.25) is 0 Å². The number of hydrogen-bond acceptors (Lipinski definition) is 0. The molecule has 1 aliphatic rings. The lowest BCUT2D eigenvalue weighted by atomic mass is 9.75. The summed E-state index contributed by atoms with van der Waals surface area (Å²) in [5.74, 6) is -0.0382. The predicted molar refractivity (Wildman–Crippen MR) is 264 cm³/mol. The van der Waals surface area contributed by atoms with Gasteiger partial charge in [-0.15, -0.1) is 0 Å². The number of hydrogen-bond donors (Lipinski definition) is 0. The number of rotatable bonds is 6. The molecule has 0 amide bonds. The van der Waals surface area contributed by atoms with Crippen LogP contribution < -0.4 is 0 Å². The van der Waals surface area contributed by atoms with Gasteiger partial charge in [0.15, 0.2) is 0 Å². The van der Waals surface area contributed by atoms with Gasteiger partial charge < -0.3 is 0 Å². The summed E-state index contributed by atoms with van der Waals surface area (Å²) >= 11 is 0. The van der Waals surface area contributed by atoms with Crippen molar-refractivity contribution in [1.29, 1.82) is 0 Å². The van der Waals surface area contributed by atoms with Crippen LogP contribution in [0.15, 0.2) is 224 Å². The maximum absolute atomic E-state index is 2.54. The van der Waals surface area contributed by atoms with E-state index in [-0.39, 0.29) is 11.3 Å². The lowest BCUT2D eigenvalue weighted by molar-refractivity contribution is 0.666. The van der Waals surface area contributed by atoms with Crippen LogP contribution in [-0.4, -0.2) is 0 Å². The Morgan fingerprint density at radius 1 is 0.323 bits per heavy atom. The summed E-state index contributed by atoms with van der Waals surface area (Å²) in [7, 11) is 0. The van der Waals surface area contributed by atoms with Crippen molar-refractivity contribution >= 4 is 43.1 Å². The zero-order valence-corrected chi connectivity index (χ0v) is 34.9. The monoisotopic (exact) mass is 788 g/mol. The minimum absolute atomic E-state index is 0.0382. The van der Waals surface area contributed by atoms with Gasteiger partial charge in [0.2, 0.25) is 0 Å². The van der Waals surface area contributed by atoms with Crippen LogP contribution in [0.1, 0.15) is 47.6 Å². The Morgan fingerprint density at radius 2 is 0.806 bits per heavy atom. The smallest absolute Gasteiger partial charge is 0.0352 e. The van der Waals surface area contributed by atoms with Crippen molar-refractivity contribution < 1.29 is 0 Å². The van der Waals surface area contributed by atoms with Crippen LogP contribution in [0.2, 0.25) is 0 Å². The van der Waals surface area contributed by atoms with Gasteiger partial charge in [0.05, 0.1) is 0 Å². The van der Waals surface area contributed by atoms with E-state index in [1.807, 2.05) is 0 Å². The number of fused-ring (bicyclic) bond motifs is 10. The summed E-state index contributed by atoms with van der Waals surface area (Å²) < 4.78 is 0. The molecule has 0 N–H and O–H groups in total. The zero-order valence-electron chi connectivity index (χ0n) is 34.9. The Balaban J connectivity index is 1.13. The van der Waals surface area contributed by atoms with E-state index in [4.69, 9.17) is 0 Å². The lowest BCUT2D eigenvalue weighted by Gasteiger charge is -2.27. The summed E-state index contributed by atoms with van der Waals surface area (Å²) in [5.41, 5.74) is 16.7. The van der Waals surface area contributed by atoms with Crippen molar-refractivity contribution in [2.75, 3.05) is 0 Å². The van der Waals surface area contributed by atoms with Gasteiger partial charge in [-0.1, -0.05) is 220 Å². The molecule has 1 atom stereocenters. The van der Waals surface area contributed by atoms with E-state index < -0.39 is 0 Å². The summed E-state index contributed by atoms with van der Waals surface area (Å²) in [6.45, 7) is 4.79. The second-order valence-electron chi connectivity index (χ2n) is 17.5. The normalized spacial score (nSPS) is 13.4. The average Bonchev–Trinajstić information content (AvgIpc) is 3.57. The Hall–Kier alpha value is -7.54. The van der Waals surface area contributed by atoms with Crippen LogP contribution in [-0.2, 0) is 5.41 Å². The first-order valence-electron chi connectivity index (χ1n) is 21.9. The largest absolute Gasteiger partial charge is 0.0622 e. The quantitative estimate of drug-likeness (QED) is 0.116. The van der Waals surface area contributed by atoms with Crippen LogP contribution in [0.3, 0.4) is 0 Å². The SMILES string of the molecule is CC1(C)c2ccccc2-c2cc(C(c3ccc(-c4cc5ccccc5c5c4c(-c4ccccc4)cc4ccccc45)cc3)c3ccccc3-c3ccccc3)c3ccccc3c21. The van der Waals surface area contributed by atoms with Crippen LogP contribution >= 0.6 is 0 Å². The highest BCUT2D eigenvalue weighted by Crippen LogP contribution is 2.54. The average molecular weight is 789 g/mol. The van der Waals surface area contributed by atoms with Crippen molar-refractivity contribution in [1.82, 2.24) is 0 Å². The fourth-order valence-corrected chi connectivity index (χ4v) is 11.0. The molecule has 0 fully saturated rings. The van der Waals surface area contributed by atoms with E-state index in [0.29, 0.717) is 0 Å². The molecule has 62 heavy (non-hydrogen) atoms. The van der Waals surface area contributed by atoms with Crippen molar-refractivity contribution in [2.45, 2.75) is 25.2 Å². The minimum Gasteiger partial charge on any atom is -0.0622 e. The molecule has 1 aliphatic carbocycles. The Labute approximate surface area is 363 Å². The van der Waals surface area contributed by atoms with Crippen molar-refractivity contribution in [3.05, 3.63) is 252 Å². The first-order chi connectivity index (χ1) is 30.5. The molecule has 0 heteroatoms. The first kappa shape index (κ1) is 36.3. The number of benzene rings is 11. The predicted octanol–water partition coefficient (Wildman–Crippen LogP) is 16.8. The molecule has 0 radical (unpaired) electrons. The van der Waals surface area contributed by atoms with Crippen LogP contribution in [0.5, 0.6) is 0 Å². The van der Waals surface area contributed by atoms with Crippen LogP contribution in [0.4, 0.5) is 0 Å². The Bertz CT molecular complexity index is 3500. The summed E-state index contributed by atoms with van der Waals surface area (Å²) in [6.07, 6.45) is 0. The molecule has 0 saturated carbocycles. The van der Waals surface area contributed by atoms with Crippen LogP contribution in [0.25, 0.3) is 87.6 Å². The first-order valence-corrected chi connectivity index (χ1v) is 21.9. The third kappa shape index (κ3) is 5.60. The second kappa shape index (κ2) is 14.3. The molecular formula is C62H44. The second-order valence-corrected chi connectivity index (χ2v) is 17.5. The Morgan fingerprint density at radius 3 is 1.45 bits per heavy atom. The van der Waals surface area contributed by atoms with Gasteiger partial charge in [0.25, 0.3) is 0 Å². The van der Waals surface area contributed by atoms with Gasteiger partial charge in [0, 0.05) is 11.3 Å². The lowest BCUT2D eigenvalue weighted by Crippen LogP contribution is -2.16. The maximum Gasteiger partial charge on any atom is 0.0352 e. The molecule has 0 aliphatic heterocycles. The summed E-state index contributed by atoms with van der Waals surface area (Å²) in [6, 6.07) is 83.8. The highest BCUT2D eigenvalue weighted by atomic mass is 14.4. The van der Waals surface area contributed by atoms with Gasteiger partial charge in [0.1, 0.15) is 0 Å². The summed E-state index contributed by atoms with van der Waals surface area (Å²) in [5, 5.41) is 10.3. The third-order valence-corrected chi connectivity index (χ3v) is 13.7. The van der Waals surface area contributed by atoms with Gasteiger partial charge >= 0.3 is 0 Å². The molecule has 292 valence electrons. The zero-order chi connectivity index (χ0) is 41.4. The van der Waals surface area contributed by atoms with Crippen LogP contribution in [0, 0.1) is 0 Å². The van der Waals surface area contributed by atoms with Gasteiger partial charge in [-0.2, -0.15) is 0 Å². The molecule has 11 aromatic rings. The molecule has 0 aromatic heterocycles. The topological polar surface area (TPSA) is 0 Å². The minimum atomic E-state index is -0.115. The molecule has 0 saturated heterocycles. The van der Waals surface area contributed by atoms with E-state index in [2.05, 4.69) is 238 Å². The molecular weight excluding hydrogens is 745 g/mol. The standard InChI is InChI=1S/C62H44/c1-62(2)57-32-18-17-29-50(57)56-39-55(49-28-14-16-31-52(49)61(56)62)58(51-30-15-13-25-46(51)40-19-5-3-6-20-40)43-35-33-42(34-36-43)54-38-45-24-10-12-27-48(45)59-47-26-11-9-23-44(47)37-53(60(54)59)41-21-7-4-8-22-41/h3-39,58H,1-2H3. The van der Waals surface area contributed by atoms with Crippen molar-refractivity contribution in [3.63, 3.8) is 0 Å². The fraction of sp³-hybridized carbons (Fsp3) is 0.0645. The molecule has 0 spiro atoms. The van der Waals surface area contributed by atoms with E-state index in [0.717, 1.165) is 0 Å². The molecule has 11 aromatic carbocycles. The third-order valence-electron chi connectivity index (χ3n) is 13.7. The van der Waals surface area contributed by atoms with E-state index in [1.165, 1.54) is 115 Å². The van der Waals surface area contributed by atoms with Gasteiger partial charge in [-0.05, 0) is 134 Å². The van der Waals surface area contributed by atoms with Crippen molar-refractivity contribution in [2.24, 2.45) is 0 Å². The molecule has 12 rings (SSSR count). The van der Waals surface area contributed by atoms with Gasteiger partial charge in [-0.25, -0.2) is 0 Å². The molecule has 0 nitrogen and oxygen atoms in total. The molecule has 0 heterocycles. The van der Waals surface area contributed by atoms with E-state index >= 15 is 0 Å².